The van der Waals surface area contributed by atoms with Crippen molar-refractivity contribution in [3.05, 3.63) is 53.6 Å². The summed E-state index contributed by atoms with van der Waals surface area (Å²) in [6.45, 7) is 3.66. The van der Waals surface area contributed by atoms with Crippen LogP contribution >= 0.6 is 0 Å². The molecule has 2 aromatic rings. The molecule has 3 rings (SSSR count). The van der Waals surface area contributed by atoms with Crippen molar-refractivity contribution in [3.63, 3.8) is 0 Å². The summed E-state index contributed by atoms with van der Waals surface area (Å²) in [5, 5.41) is 2.98. The molecule has 1 aliphatic heterocycles. The maximum atomic E-state index is 12.1. The van der Waals surface area contributed by atoms with Gasteiger partial charge in [0.05, 0.1) is 14.2 Å². The number of rotatable bonds is 12. The van der Waals surface area contributed by atoms with Crippen molar-refractivity contribution in [2.75, 3.05) is 54.1 Å². The first-order chi connectivity index (χ1) is 16.1. The summed E-state index contributed by atoms with van der Waals surface area (Å²) in [6, 6.07) is 11.8. The highest BCUT2D eigenvalue weighted by atomic mass is 16.6. The molecule has 0 atom stereocenters. The van der Waals surface area contributed by atoms with E-state index in [1.54, 1.807) is 14.2 Å². The highest BCUT2D eigenvalue weighted by molar-refractivity contribution is 5.78. The Labute approximate surface area is 196 Å². The van der Waals surface area contributed by atoms with Crippen LogP contribution in [0.15, 0.2) is 42.5 Å². The van der Waals surface area contributed by atoms with Gasteiger partial charge in [-0.3, -0.25) is 4.79 Å². The van der Waals surface area contributed by atoms with Crippen LogP contribution in [0, 0.1) is 0 Å². The third kappa shape index (κ3) is 7.71. The first kappa shape index (κ1) is 24.5. The Kier molecular flexibility index (Phi) is 9.44. The van der Waals surface area contributed by atoms with E-state index < -0.39 is 0 Å². The zero-order valence-corrected chi connectivity index (χ0v) is 19.8. The molecule has 0 saturated carbocycles. The monoisotopic (exact) mass is 454 g/mol. The zero-order valence-electron chi connectivity index (χ0n) is 19.8. The molecule has 1 amide bonds. The molecule has 1 heterocycles. The minimum Gasteiger partial charge on any atom is -0.493 e. The number of carbonyl (C=O) groups excluding carboxylic acids is 1. The quantitative estimate of drug-likeness (QED) is 0.495. The topological polar surface area (TPSA) is 69.3 Å². The summed E-state index contributed by atoms with van der Waals surface area (Å²) in [6.07, 6.45) is 5.98. The summed E-state index contributed by atoms with van der Waals surface area (Å²) >= 11 is 0. The molecule has 0 spiro atoms. The molecule has 33 heavy (non-hydrogen) atoms. The maximum absolute atomic E-state index is 12.1. The van der Waals surface area contributed by atoms with Crippen molar-refractivity contribution in [3.8, 4) is 23.0 Å². The van der Waals surface area contributed by atoms with E-state index in [2.05, 4.69) is 23.3 Å². The lowest BCUT2D eigenvalue weighted by Gasteiger charge is -2.18. The van der Waals surface area contributed by atoms with Gasteiger partial charge >= 0.3 is 0 Å². The minimum absolute atomic E-state index is 0.0248. The van der Waals surface area contributed by atoms with Crippen LogP contribution in [0.2, 0.25) is 0 Å². The number of ether oxygens (including phenoxy) is 4. The van der Waals surface area contributed by atoms with E-state index in [-0.39, 0.29) is 5.91 Å². The van der Waals surface area contributed by atoms with Gasteiger partial charge in [0.1, 0.15) is 13.2 Å². The molecule has 7 heteroatoms. The average molecular weight is 455 g/mol. The van der Waals surface area contributed by atoms with Crippen LogP contribution < -0.4 is 24.3 Å². The predicted molar refractivity (Wildman–Crippen MR) is 129 cm³/mol. The predicted octanol–water partition coefficient (Wildman–Crippen LogP) is 3.56. The molecule has 0 unspecified atom stereocenters. The number of nitrogens with zero attached hydrogens (tertiary/aromatic N) is 1. The summed E-state index contributed by atoms with van der Waals surface area (Å²) < 4.78 is 21.8. The Hall–Kier alpha value is -3.19. The van der Waals surface area contributed by atoms with Crippen LogP contribution in [-0.2, 0) is 11.2 Å². The van der Waals surface area contributed by atoms with Crippen LogP contribution in [0.1, 0.15) is 24.0 Å². The summed E-state index contributed by atoms with van der Waals surface area (Å²) in [7, 11) is 5.38. The van der Waals surface area contributed by atoms with Crippen LogP contribution in [-0.4, -0.2) is 64.9 Å². The largest absolute Gasteiger partial charge is 0.493 e. The molecule has 0 aromatic heterocycles. The van der Waals surface area contributed by atoms with Crippen molar-refractivity contribution in [2.45, 2.75) is 19.3 Å². The van der Waals surface area contributed by atoms with Crippen LogP contribution in [0.5, 0.6) is 23.0 Å². The van der Waals surface area contributed by atoms with Crippen molar-refractivity contribution >= 4 is 12.0 Å². The lowest BCUT2D eigenvalue weighted by molar-refractivity contribution is -0.120. The minimum atomic E-state index is 0.0248. The Bertz CT molecular complexity index is 944. The highest BCUT2D eigenvalue weighted by Gasteiger charge is 2.11. The van der Waals surface area contributed by atoms with Gasteiger partial charge in [-0.05, 0) is 61.8 Å². The third-order valence-corrected chi connectivity index (χ3v) is 5.45. The number of likely N-dealkylation sites (N-methyl/N-ethyl adjacent to an activating group) is 1. The van der Waals surface area contributed by atoms with Gasteiger partial charge in [0.25, 0.3) is 0 Å². The number of hydrogen-bond acceptors (Lipinski definition) is 6. The molecule has 2 aromatic carbocycles. The SMILES string of the molecule is COc1ccc(CCN(C)CCCNC(=O)C/C=C/c2ccc3c(c2)OCCO3)cc1OC. The van der Waals surface area contributed by atoms with E-state index >= 15 is 0 Å². The van der Waals surface area contributed by atoms with Crippen LogP contribution in [0.3, 0.4) is 0 Å². The Morgan fingerprint density at radius 2 is 1.82 bits per heavy atom. The van der Waals surface area contributed by atoms with E-state index in [0.29, 0.717) is 26.2 Å². The molecular formula is C26H34N2O5. The Balaban J connectivity index is 1.30. The van der Waals surface area contributed by atoms with Gasteiger partial charge in [-0.15, -0.1) is 0 Å². The second kappa shape index (κ2) is 12.7. The van der Waals surface area contributed by atoms with E-state index in [4.69, 9.17) is 18.9 Å². The Morgan fingerprint density at radius 3 is 2.61 bits per heavy atom. The average Bonchev–Trinajstić information content (AvgIpc) is 2.85. The molecule has 178 valence electrons. The molecular weight excluding hydrogens is 420 g/mol. The van der Waals surface area contributed by atoms with Crippen molar-refractivity contribution in [1.29, 1.82) is 0 Å². The van der Waals surface area contributed by atoms with Gasteiger partial charge in [0.15, 0.2) is 23.0 Å². The number of nitrogens with one attached hydrogen (secondary N) is 1. The summed E-state index contributed by atoms with van der Waals surface area (Å²) in [4.78, 5) is 14.4. The first-order valence-corrected chi connectivity index (χ1v) is 11.3. The van der Waals surface area contributed by atoms with E-state index in [9.17, 15) is 4.79 Å². The fourth-order valence-electron chi connectivity index (χ4n) is 3.58. The molecule has 1 aliphatic rings. The lowest BCUT2D eigenvalue weighted by atomic mass is 10.1. The molecule has 0 saturated heterocycles. The number of fused-ring (bicyclic) bond motifs is 1. The lowest BCUT2D eigenvalue weighted by Crippen LogP contribution is -2.28. The number of carbonyl (C=O) groups is 1. The van der Waals surface area contributed by atoms with Crippen molar-refractivity contribution < 1.29 is 23.7 Å². The van der Waals surface area contributed by atoms with Crippen molar-refractivity contribution in [2.24, 2.45) is 0 Å². The second-order valence-electron chi connectivity index (χ2n) is 7.96. The van der Waals surface area contributed by atoms with Gasteiger partial charge < -0.3 is 29.2 Å². The molecule has 7 nitrogen and oxygen atoms in total. The van der Waals surface area contributed by atoms with Gasteiger partial charge in [0.2, 0.25) is 5.91 Å². The number of methoxy groups -OCH3 is 2. The van der Waals surface area contributed by atoms with Gasteiger partial charge in [-0.2, -0.15) is 0 Å². The number of amides is 1. The van der Waals surface area contributed by atoms with Gasteiger partial charge in [-0.25, -0.2) is 0 Å². The van der Waals surface area contributed by atoms with E-state index in [1.165, 1.54) is 5.56 Å². The van der Waals surface area contributed by atoms with Crippen molar-refractivity contribution in [1.82, 2.24) is 10.2 Å². The maximum Gasteiger partial charge on any atom is 0.223 e. The van der Waals surface area contributed by atoms with Gasteiger partial charge in [-0.1, -0.05) is 24.3 Å². The zero-order chi connectivity index (χ0) is 23.5. The van der Waals surface area contributed by atoms with Gasteiger partial charge in [0, 0.05) is 19.5 Å². The molecule has 1 N–H and O–H groups in total. The standard InChI is InChI=1S/C26H34N2O5/c1-28(15-12-21-8-10-22(30-2)24(18-21)31-3)14-5-13-27-26(29)7-4-6-20-9-11-23-25(19-20)33-17-16-32-23/h4,6,8-11,18-19H,5,7,12-17H2,1-3H3,(H,27,29)/b6-4+. The molecule has 0 aliphatic carbocycles. The molecule has 0 bridgehead atoms. The fraction of sp³-hybridized carbons (Fsp3) is 0.423. The van der Waals surface area contributed by atoms with E-state index in [0.717, 1.165) is 54.5 Å². The second-order valence-corrected chi connectivity index (χ2v) is 7.96. The summed E-state index contributed by atoms with van der Waals surface area (Å²) in [5.74, 6) is 3.04. The highest BCUT2D eigenvalue weighted by Crippen LogP contribution is 2.31. The summed E-state index contributed by atoms with van der Waals surface area (Å²) in [5.41, 5.74) is 2.20. The Morgan fingerprint density at radius 1 is 1.03 bits per heavy atom. The number of hydrogen-bond donors (Lipinski definition) is 1. The molecule has 0 radical (unpaired) electrons. The number of benzene rings is 2. The fourth-order valence-corrected chi connectivity index (χ4v) is 3.58. The first-order valence-electron chi connectivity index (χ1n) is 11.3. The smallest absolute Gasteiger partial charge is 0.223 e. The molecule has 0 fully saturated rings. The van der Waals surface area contributed by atoms with Crippen LogP contribution in [0.4, 0.5) is 0 Å². The normalized spacial score (nSPS) is 12.7. The van der Waals surface area contributed by atoms with E-state index in [1.807, 2.05) is 42.5 Å². The van der Waals surface area contributed by atoms with Crippen LogP contribution in [0.25, 0.3) is 6.08 Å². The third-order valence-electron chi connectivity index (χ3n) is 5.45.